The first-order valence-corrected chi connectivity index (χ1v) is 4.84. The van der Waals surface area contributed by atoms with Crippen LogP contribution in [-0.4, -0.2) is 5.78 Å². The minimum Gasteiger partial charge on any atom is -0.300 e. The van der Waals surface area contributed by atoms with Gasteiger partial charge in [-0.3, -0.25) is 4.79 Å². The Bertz CT molecular complexity index is 328. The molecule has 0 amide bonds. The summed E-state index contributed by atoms with van der Waals surface area (Å²) in [5.41, 5.74) is 2.63. The highest BCUT2D eigenvalue weighted by molar-refractivity contribution is 5.81. The van der Waals surface area contributed by atoms with Crippen LogP contribution in [0.2, 0.25) is 0 Å². The average Bonchev–Trinajstić information content (AvgIpc) is 2.52. The second-order valence-corrected chi connectivity index (χ2v) is 3.89. The molecule has 0 aliphatic heterocycles. The Morgan fingerprint density at radius 2 is 2.23 bits per heavy atom. The molecule has 1 heteroatoms. The quantitative estimate of drug-likeness (QED) is 0.639. The van der Waals surface area contributed by atoms with Crippen LogP contribution in [0.25, 0.3) is 0 Å². The fourth-order valence-corrected chi connectivity index (χ4v) is 2.02. The molecule has 2 rings (SSSR count). The van der Waals surface area contributed by atoms with E-state index in [2.05, 4.69) is 31.2 Å². The van der Waals surface area contributed by atoms with Gasteiger partial charge in [0, 0.05) is 12.8 Å². The van der Waals surface area contributed by atoms with Crippen molar-refractivity contribution in [2.45, 2.75) is 32.1 Å². The fraction of sp³-hybridized carbons (Fsp3) is 0.417. The summed E-state index contributed by atoms with van der Waals surface area (Å²) in [5, 5.41) is 0. The van der Waals surface area contributed by atoms with E-state index in [4.69, 9.17) is 0 Å². The molecule has 1 nitrogen and oxygen atoms in total. The third-order valence-electron chi connectivity index (χ3n) is 2.76. The zero-order valence-corrected chi connectivity index (χ0v) is 7.92. The number of benzene rings is 1. The van der Waals surface area contributed by atoms with Crippen molar-refractivity contribution in [2.75, 3.05) is 0 Å². The fourth-order valence-electron chi connectivity index (χ4n) is 2.02. The van der Waals surface area contributed by atoms with E-state index in [-0.39, 0.29) is 0 Å². The summed E-state index contributed by atoms with van der Waals surface area (Å²) >= 11 is 0. The molecule has 0 aromatic heterocycles. The van der Waals surface area contributed by atoms with E-state index in [1.54, 1.807) is 0 Å². The molecule has 0 saturated heterocycles. The van der Waals surface area contributed by atoms with Gasteiger partial charge in [-0.25, -0.2) is 0 Å². The van der Waals surface area contributed by atoms with E-state index >= 15 is 0 Å². The minimum atomic E-state index is 0.423. The average molecular weight is 174 g/mol. The van der Waals surface area contributed by atoms with Crippen molar-refractivity contribution in [3.8, 4) is 0 Å². The molecule has 1 unspecified atom stereocenters. The number of rotatable bonds is 1. The van der Waals surface area contributed by atoms with Gasteiger partial charge in [0.25, 0.3) is 0 Å². The molecule has 1 saturated carbocycles. The lowest BCUT2D eigenvalue weighted by atomic mass is 9.96. The van der Waals surface area contributed by atoms with Gasteiger partial charge in [0.1, 0.15) is 5.78 Å². The van der Waals surface area contributed by atoms with Gasteiger partial charge in [0.05, 0.1) is 0 Å². The largest absolute Gasteiger partial charge is 0.300 e. The second-order valence-electron chi connectivity index (χ2n) is 3.89. The second kappa shape index (κ2) is 3.33. The summed E-state index contributed by atoms with van der Waals surface area (Å²) in [5.74, 6) is 0.916. The molecule has 0 spiro atoms. The van der Waals surface area contributed by atoms with Crippen molar-refractivity contribution in [3.63, 3.8) is 0 Å². The van der Waals surface area contributed by atoms with Gasteiger partial charge >= 0.3 is 0 Å². The van der Waals surface area contributed by atoms with E-state index in [9.17, 15) is 4.79 Å². The molecule has 0 radical (unpaired) electrons. The third kappa shape index (κ3) is 1.80. The Kier molecular flexibility index (Phi) is 2.17. The Morgan fingerprint density at radius 1 is 1.38 bits per heavy atom. The van der Waals surface area contributed by atoms with Crippen LogP contribution in [0.3, 0.4) is 0 Å². The Balaban J connectivity index is 2.21. The molecule has 1 atom stereocenters. The number of hydrogen-bond acceptors (Lipinski definition) is 1. The van der Waals surface area contributed by atoms with E-state index < -0.39 is 0 Å². The zero-order valence-electron chi connectivity index (χ0n) is 7.92. The molecule has 1 aliphatic carbocycles. The lowest BCUT2D eigenvalue weighted by Crippen LogP contribution is -1.94. The van der Waals surface area contributed by atoms with Gasteiger partial charge in [-0.15, -0.1) is 0 Å². The molecule has 1 aromatic carbocycles. The maximum Gasteiger partial charge on any atom is 0.133 e. The molecule has 0 N–H and O–H groups in total. The van der Waals surface area contributed by atoms with Crippen molar-refractivity contribution in [2.24, 2.45) is 0 Å². The van der Waals surface area contributed by atoms with Crippen molar-refractivity contribution >= 4 is 5.78 Å². The number of aryl methyl sites for hydroxylation is 1. The number of Topliss-reactive ketones (excluding diaryl/α,β-unsaturated/α-hetero) is 1. The van der Waals surface area contributed by atoms with Gasteiger partial charge in [0.15, 0.2) is 0 Å². The first kappa shape index (κ1) is 8.49. The smallest absolute Gasteiger partial charge is 0.133 e. The van der Waals surface area contributed by atoms with Crippen LogP contribution in [-0.2, 0) is 4.79 Å². The van der Waals surface area contributed by atoms with Crippen LogP contribution in [0, 0.1) is 6.92 Å². The number of hydrogen-bond donors (Lipinski definition) is 0. The van der Waals surface area contributed by atoms with Gasteiger partial charge < -0.3 is 0 Å². The van der Waals surface area contributed by atoms with E-state index in [1.807, 2.05) is 0 Å². The van der Waals surface area contributed by atoms with Gasteiger partial charge in [-0.05, 0) is 24.8 Å². The molecule has 1 fully saturated rings. The lowest BCUT2D eigenvalue weighted by Gasteiger charge is -2.08. The minimum absolute atomic E-state index is 0.423. The Morgan fingerprint density at radius 3 is 2.85 bits per heavy atom. The molecular formula is C12H14O. The summed E-state index contributed by atoms with van der Waals surface area (Å²) < 4.78 is 0. The van der Waals surface area contributed by atoms with Crippen molar-refractivity contribution in [1.29, 1.82) is 0 Å². The summed E-state index contributed by atoms with van der Waals surface area (Å²) in [6, 6.07) is 8.51. The first-order valence-electron chi connectivity index (χ1n) is 4.84. The number of carbonyl (C=O) groups excluding carboxylic acids is 1. The number of ketones is 1. The highest BCUT2D eigenvalue weighted by atomic mass is 16.1. The normalized spacial score (nSPS) is 22.2. The molecule has 0 heterocycles. The molecule has 13 heavy (non-hydrogen) atoms. The van der Waals surface area contributed by atoms with Crippen molar-refractivity contribution in [1.82, 2.24) is 0 Å². The highest BCUT2D eigenvalue weighted by Crippen LogP contribution is 2.32. The molecule has 0 bridgehead atoms. The van der Waals surface area contributed by atoms with Crippen LogP contribution in [0.15, 0.2) is 24.3 Å². The standard InChI is InChI=1S/C12H14O/c1-9-3-2-4-10(7-9)11-5-6-12(13)8-11/h2-4,7,11H,5-6,8H2,1H3. The summed E-state index contributed by atoms with van der Waals surface area (Å²) in [7, 11) is 0. The first-order chi connectivity index (χ1) is 6.25. The van der Waals surface area contributed by atoms with E-state index in [1.165, 1.54) is 11.1 Å². The summed E-state index contributed by atoms with van der Waals surface area (Å²) in [6.07, 6.45) is 2.57. The number of carbonyl (C=O) groups is 1. The lowest BCUT2D eigenvalue weighted by molar-refractivity contribution is -0.117. The third-order valence-corrected chi connectivity index (χ3v) is 2.76. The van der Waals surface area contributed by atoms with Gasteiger partial charge in [-0.2, -0.15) is 0 Å². The zero-order chi connectivity index (χ0) is 9.26. The van der Waals surface area contributed by atoms with Crippen molar-refractivity contribution < 1.29 is 4.79 Å². The topological polar surface area (TPSA) is 17.1 Å². The van der Waals surface area contributed by atoms with Crippen LogP contribution in [0.1, 0.15) is 36.3 Å². The van der Waals surface area contributed by atoms with Crippen LogP contribution >= 0.6 is 0 Å². The molecule has 68 valence electrons. The van der Waals surface area contributed by atoms with E-state index in [0.717, 1.165) is 19.3 Å². The highest BCUT2D eigenvalue weighted by Gasteiger charge is 2.23. The monoisotopic (exact) mass is 174 g/mol. The van der Waals surface area contributed by atoms with Gasteiger partial charge in [0.2, 0.25) is 0 Å². The molecule has 1 aromatic rings. The van der Waals surface area contributed by atoms with Crippen LogP contribution in [0.5, 0.6) is 0 Å². The molecular weight excluding hydrogens is 160 g/mol. The SMILES string of the molecule is Cc1cccc(C2CCC(=O)C2)c1. The Hall–Kier alpha value is -1.11. The Labute approximate surface area is 78.8 Å². The maximum atomic E-state index is 11.1. The maximum absolute atomic E-state index is 11.1. The summed E-state index contributed by atoms with van der Waals surface area (Å²) in [4.78, 5) is 11.1. The van der Waals surface area contributed by atoms with Crippen LogP contribution in [0.4, 0.5) is 0 Å². The summed E-state index contributed by atoms with van der Waals surface area (Å²) in [6.45, 7) is 2.10. The van der Waals surface area contributed by atoms with E-state index in [0.29, 0.717) is 11.7 Å². The predicted octanol–water partition coefficient (Wildman–Crippen LogP) is 2.83. The van der Waals surface area contributed by atoms with Crippen LogP contribution < -0.4 is 0 Å². The predicted molar refractivity (Wildman–Crippen MR) is 52.8 cm³/mol. The van der Waals surface area contributed by atoms with Gasteiger partial charge in [-0.1, -0.05) is 29.8 Å². The van der Waals surface area contributed by atoms with Crippen molar-refractivity contribution in [3.05, 3.63) is 35.4 Å². The molecule has 1 aliphatic rings.